The highest BCUT2D eigenvalue weighted by Gasteiger charge is 2.18. The molecule has 27 heavy (non-hydrogen) atoms. The molecule has 2 aromatic rings. The summed E-state index contributed by atoms with van der Waals surface area (Å²) in [4.78, 5) is 27.4. The van der Waals surface area contributed by atoms with Crippen LogP contribution in [-0.2, 0) is 9.59 Å². The molecular formula is C20H22FN3O3. The number of benzene rings is 2. The summed E-state index contributed by atoms with van der Waals surface area (Å²) in [6.45, 7) is 4.45. The number of carbonyl (C=O) groups excluding carboxylic acids is 2. The molecule has 0 atom stereocenters. The summed E-state index contributed by atoms with van der Waals surface area (Å²) in [7, 11) is 0. The molecule has 0 bridgehead atoms. The van der Waals surface area contributed by atoms with Crippen LogP contribution in [0.2, 0.25) is 0 Å². The van der Waals surface area contributed by atoms with Crippen molar-refractivity contribution in [3.63, 3.8) is 0 Å². The maximum absolute atomic E-state index is 12.8. The Morgan fingerprint density at radius 3 is 2.22 bits per heavy atom. The minimum absolute atomic E-state index is 0.107. The lowest BCUT2D eigenvalue weighted by atomic mass is 10.2. The number of piperazine rings is 1. The van der Waals surface area contributed by atoms with Crippen LogP contribution in [0.25, 0.3) is 0 Å². The molecular weight excluding hydrogens is 349 g/mol. The predicted molar refractivity (Wildman–Crippen MR) is 101 cm³/mol. The summed E-state index contributed by atoms with van der Waals surface area (Å²) >= 11 is 0. The van der Waals surface area contributed by atoms with E-state index in [0.29, 0.717) is 24.5 Å². The minimum Gasteiger partial charge on any atom is -0.484 e. The molecule has 0 saturated carbocycles. The summed E-state index contributed by atoms with van der Waals surface area (Å²) < 4.78 is 18.2. The van der Waals surface area contributed by atoms with E-state index in [0.717, 1.165) is 18.8 Å². The average molecular weight is 371 g/mol. The molecule has 1 aliphatic rings. The standard InChI is InChI=1S/C20H22FN3O3/c1-15(25)23-10-12-24(13-11-23)18-6-4-17(5-7-18)22-20(26)14-27-19-8-2-16(21)3-9-19/h2-9H,10-14H2,1H3,(H,22,26). The molecule has 1 aliphatic heterocycles. The first-order valence-corrected chi connectivity index (χ1v) is 8.80. The Bertz CT molecular complexity index is 785. The van der Waals surface area contributed by atoms with Gasteiger partial charge in [-0.15, -0.1) is 0 Å². The Labute approximate surface area is 157 Å². The number of nitrogens with zero attached hydrogens (tertiary/aromatic N) is 2. The van der Waals surface area contributed by atoms with Gasteiger partial charge in [0.05, 0.1) is 0 Å². The fourth-order valence-electron chi connectivity index (χ4n) is 2.91. The van der Waals surface area contributed by atoms with Crippen molar-refractivity contribution < 1.29 is 18.7 Å². The number of hydrogen-bond donors (Lipinski definition) is 1. The molecule has 1 fully saturated rings. The predicted octanol–water partition coefficient (Wildman–Crippen LogP) is 2.51. The van der Waals surface area contributed by atoms with Crippen molar-refractivity contribution in [2.75, 3.05) is 43.0 Å². The van der Waals surface area contributed by atoms with Gasteiger partial charge in [0.1, 0.15) is 11.6 Å². The number of amides is 2. The molecule has 2 amide bonds. The normalized spacial score (nSPS) is 14.0. The van der Waals surface area contributed by atoms with Gasteiger partial charge in [-0.2, -0.15) is 0 Å². The highest BCUT2D eigenvalue weighted by molar-refractivity contribution is 5.92. The topological polar surface area (TPSA) is 61.9 Å². The number of nitrogens with one attached hydrogen (secondary N) is 1. The smallest absolute Gasteiger partial charge is 0.262 e. The third-order valence-electron chi connectivity index (χ3n) is 4.42. The van der Waals surface area contributed by atoms with Gasteiger partial charge in [0.2, 0.25) is 5.91 Å². The second-order valence-corrected chi connectivity index (χ2v) is 6.33. The van der Waals surface area contributed by atoms with E-state index in [1.807, 2.05) is 29.2 Å². The Balaban J connectivity index is 1.48. The first-order chi connectivity index (χ1) is 13.0. The lowest BCUT2D eigenvalue weighted by Gasteiger charge is -2.35. The van der Waals surface area contributed by atoms with E-state index in [4.69, 9.17) is 4.74 Å². The van der Waals surface area contributed by atoms with Gasteiger partial charge < -0.3 is 19.9 Å². The number of halogens is 1. The zero-order valence-corrected chi connectivity index (χ0v) is 15.2. The first kappa shape index (κ1) is 18.7. The van der Waals surface area contributed by atoms with Gasteiger partial charge in [0, 0.05) is 44.5 Å². The second kappa shape index (κ2) is 8.53. The lowest BCUT2D eigenvalue weighted by Crippen LogP contribution is -2.48. The summed E-state index contributed by atoms with van der Waals surface area (Å²) in [5.74, 6) is -0.0982. The number of rotatable bonds is 5. The number of anilines is 2. The molecule has 3 rings (SSSR count). The number of hydrogen-bond acceptors (Lipinski definition) is 4. The Hall–Kier alpha value is -3.09. The Morgan fingerprint density at radius 2 is 1.63 bits per heavy atom. The van der Waals surface area contributed by atoms with Crippen LogP contribution in [0.3, 0.4) is 0 Å². The Morgan fingerprint density at radius 1 is 1.00 bits per heavy atom. The van der Waals surface area contributed by atoms with Crippen molar-refractivity contribution in [3.05, 3.63) is 54.3 Å². The highest BCUT2D eigenvalue weighted by Crippen LogP contribution is 2.20. The van der Waals surface area contributed by atoms with Crippen LogP contribution in [0.1, 0.15) is 6.92 Å². The van der Waals surface area contributed by atoms with Gasteiger partial charge in [0.25, 0.3) is 5.91 Å². The first-order valence-electron chi connectivity index (χ1n) is 8.80. The SMILES string of the molecule is CC(=O)N1CCN(c2ccc(NC(=O)COc3ccc(F)cc3)cc2)CC1. The molecule has 1 N–H and O–H groups in total. The summed E-state index contributed by atoms with van der Waals surface area (Å²) in [6.07, 6.45) is 0. The quantitative estimate of drug-likeness (QED) is 0.877. The molecule has 2 aromatic carbocycles. The van der Waals surface area contributed by atoms with E-state index in [9.17, 15) is 14.0 Å². The van der Waals surface area contributed by atoms with Gasteiger partial charge in [-0.3, -0.25) is 9.59 Å². The van der Waals surface area contributed by atoms with Crippen LogP contribution < -0.4 is 15.0 Å². The molecule has 0 aromatic heterocycles. The van der Waals surface area contributed by atoms with Crippen molar-refractivity contribution in [1.82, 2.24) is 4.90 Å². The van der Waals surface area contributed by atoms with Crippen LogP contribution in [0, 0.1) is 5.82 Å². The van der Waals surface area contributed by atoms with Crippen LogP contribution in [-0.4, -0.2) is 49.5 Å². The summed E-state index contributed by atoms with van der Waals surface area (Å²) in [6, 6.07) is 13.1. The van der Waals surface area contributed by atoms with Crippen molar-refractivity contribution in [2.45, 2.75) is 6.92 Å². The molecule has 142 valence electrons. The molecule has 1 heterocycles. The number of carbonyl (C=O) groups is 2. The fraction of sp³-hybridized carbons (Fsp3) is 0.300. The lowest BCUT2D eigenvalue weighted by molar-refractivity contribution is -0.129. The largest absolute Gasteiger partial charge is 0.484 e. The highest BCUT2D eigenvalue weighted by atomic mass is 19.1. The molecule has 0 spiro atoms. The van der Waals surface area contributed by atoms with Gasteiger partial charge in [-0.05, 0) is 48.5 Å². The van der Waals surface area contributed by atoms with E-state index in [1.54, 1.807) is 6.92 Å². The zero-order valence-electron chi connectivity index (χ0n) is 15.2. The van der Waals surface area contributed by atoms with Crippen LogP contribution in [0.4, 0.5) is 15.8 Å². The minimum atomic E-state index is -0.352. The second-order valence-electron chi connectivity index (χ2n) is 6.33. The third kappa shape index (κ3) is 5.20. The molecule has 7 heteroatoms. The zero-order chi connectivity index (χ0) is 19.2. The third-order valence-corrected chi connectivity index (χ3v) is 4.42. The van der Waals surface area contributed by atoms with Crippen LogP contribution in [0.15, 0.2) is 48.5 Å². The van der Waals surface area contributed by atoms with Gasteiger partial charge >= 0.3 is 0 Å². The van der Waals surface area contributed by atoms with E-state index in [1.165, 1.54) is 24.3 Å². The molecule has 0 aliphatic carbocycles. The average Bonchev–Trinajstić information content (AvgIpc) is 2.68. The molecule has 6 nitrogen and oxygen atoms in total. The van der Waals surface area contributed by atoms with Gasteiger partial charge in [-0.1, -0.05) is 0 Å². The number of ether oxygens (including phenoxy) is 1. The van der Waals surface area contributed by atoms with E-state index in [2.05, 4.69) is 10.2 Å². The van der Waals surface area contributed by atoms with Crippen molar-refractivity contribution in [1.29, 1.82) is 0 Å². The van der Waals surface area contributed by atoms with Crippen molar-refractivity contribution >= 4 is 23.2 Å². The van der Waals surface area contributed by atoms with E-state index in [-0.39, 0.29) is 24.2 Å². The van der Waals surface area contributed by atoms with Gasteiger partial charge in [-0.25, -0.2) is 4.39 Å². The van der Waals surface area contributed by atoms with Crippen LogP contribution >= 0.6 is 0 Å². The maximum atomic E-state index is 12.8. The molecule has 1 saturated heterocycles. The Kier molecular flexibility index (Phi) is 5.90. The fourth-order valence-corrected chi connectivity index (χ4v) is 2.91. The van der Waals surface area contributed by atoms with Crippen molar-refractivity contribution in [2.24, 2.45) is 0 Å². The monoisotopic (exact) mass is 371 g/mol. The maximum Gasteiger partial charge on any atom is 0.262 e. The van der Waals surface area contributed by atoms with E-state index >= 15 is 0 Å². The molecule has 0 radical (unpaired) electrons. The summed E-state index contributed by atoms with van der Waals surface area (Å²) in [5, 5.41) is 2.77. The van der Waals surface area contributed by atoms with E-state index < -0.39 is 0 Å². The molecule has 0 unspecified atom stereocenters. The van der Waals surface area contributed by atoms with Crippen LogP contribution in [0.5, 0.6) is 5.75 Å². The summed E-state index contributed by atoms with van der Waals surface area (Å²) in [5.41, 5.74) is 1.73. The van der Waals surface area contributed by atoms with Crippen molar-refractivity contribution in [3.8, 4) is 5.75 Å². The van der Waals surface area contributed by atoms with Gasteiger partial charge in [0.15, 0.2) is 6.61 Å².